The van der Waals surface area contributed by atoms with Crippen molar-refractivity contribution in [2.75, 3.05) is 28.8 Å². The number of anilines is 7. The molecule has 0 amide bonds. The third-order valence-corrected chi connectivity index (χ3v) is 16.4. The largest absolute Gasteiger partial charge is 0.345 e. The summed E-state index contributed by atoms with van der Waals surface area (Å²) in [6.45, 7) is 0. The number of benzene rings is 12. The number of rotatable bonds is 10. The number of nitrogens with zero attached hydrogens (tertiary/aromatic N) is 4. The van der Waals surface area contributed by atoms with Gasteiger partial charge in [0.1, 0.15) is 0 Å². The van der Waals surface area contributed by atoms with Crippen molar-refractivity contribution in [3.8, 4) is 50.2 Å². The van der Waals surface area contributed by atoms with E-state index >= 15 is 0 Å². The normalized spacial score (nSPS) is 11.8. The molecule has 0 unspecified atom stereocenters. The molecule has 0 fully saturated rings. The summed E-state index contributed by atoms with van der Waals surface area (Å²) in [5.74, 6) is 0. The van der Waals surface area contributed by atoms with Crippen molar-refractivity contribution in [3.05, 3.63) is 313 Å². The van der Waals surface area contributed by atoms with Crippen LogP contribution in [0.1, 0.15) is 22.3 Å². The topological polar surface area (TPSA) is 14.7 Å². The van der Waals surface area contributed by atoms with E-state index in [1.54, 1.807) is 0 Å². The fourth-order valence-electron chi connectivity index (χ4n) is 12.2. The average Bonchev–Trinajstić information content (AvgIpc) is 4.40. The second-order valence-electron chi connectivity index (χ2n) is 21.0. The summed E-state index contributed by atoms with van der Waals surface area (Å²) in [5.41, 5.74) is 27.9. The molecule has 13 aromatic rings. The standard InChI is InChI=1S/C38H28N2.C38H30N2/c1-39(30-17-14-26(15-18-30)27-16-23-34-29(24-27)25-28-8-2-3-9-33(28)34)31-19-21-32(22-20-31)40-37-12-6-4-10-35(37)36-11-5-7-13-38(36)40;1-39(33-21-23-36(24-22-33)40(34-11-4-2-5-12-34)35-13-6-3-7-14-35)32-19-16-28(17-20-32)29-18-25-38-31(26-29)27-30-10-8-9-15-37(30)38/h2-24H,25H2,1H3;2-26H,27H2,1H3. The van der Waals surface area contributed by atoms with Crippen LogP contribution in [0.5, 0.6) is 0 Å². The Hall–Kier alpha value is -10.2. The predicted molar refractivity (Wildman–Crippen MR) is 338 cm³/mol. The summed E-state index contributed by atoms with van der Waals surface area (Å²) in [4.78, 5) is 6.77. The Kier molecular flexibility index (Phi) is 12.5. The van der Waals surface area contributed by atoms with Gasteiger partial charge in [-0.05, 0) is 189 Å². The fraction of sp³-hybridized carbons (Fsp3) is 0.0526. The van der Waals surface area contributed by atoms with Gasteiger partial charge in [0, 0.05) is 70.4 Å². The molecule has 80 heavy (non-hydrogen) atoms. The molecule has 0 N–H and O–H groups in total. The van der Waals surface area contributed by atoms with Crippen molar-refractivity contribution < 1.29 is 0 Å². The number of hydrogen-bond acceptors (Lipinski definition) is 3. The van der Waals surface area contributed by atoms with Crippen molar-refractivity contribution in [1.82, 2.24) is 4.57 Å². The zero-order valence-corrected chi connectivity index (χ0v) is 44.9. The summed E-state index contributed by atoms with van der Waals surface area (Å²) in [7, 11) is 4.26. The smallest absolute Gasteiger partial charge is 0.0541 e. The summed E-state index contributed by atoms with van der Waals surface area (Å²) >= 11 is 0. The molecule has 15 rings (SSSR count). The van der Waals surface area contributed by atoms with E-state index in [9.17, 15) is 0 Å². The van der Waals surface area contributed by atoms with Crippen LogP contribution in [0.4, 0.5) is 39.8 Å². The minimum Gasteiger partial charge on any atom is -0.345 e. The van der Waals surface area contributed by atoms with Gasteiger partial charge in [-0.3, -0.25) is 0 Å². The van der Waals surface area contributed by atoms with Crippen LogP contribution >= 0.6 is 0 Å². The molecule has 382 valence electrons. The highest BCUT2D eigenvalue weighted by atomic mass is 15.1. The van der Waals surface area contributed by atoms with Crippen molar-refractivity contribution in [1.29, 1.82) is 0 Å². The van der Waals surface area contributed by atoms with E-state index in [0.29, 0.717) is 0 Å². The zero-order chi connectivity index (χ0) is 53.5. The summed E-state index contributed by atoms with van der Waals surface area (Å²) in [5, 5.41) is 2.57. The molecule has 4 nitrogen and oxygen atoms in total. The molecule has 2 aliphatic carbocycles. The molecular weight excluding hydrogens is 969 g/mol. The van der Waals surface area contributed by atoms with Gasteiger partial charge in [-0.1, -0.05) is 182 Å². The molecule has 2 aliphatic rings. The lowest BCUT2D eigenvalue weighted by Crippen LogP contribution is -2.11. The lowest BCUT2D eigenvalue weighted by Gasteiger charge is -2.26. The van der Waals surface area contributed by atoms with E-state index in [-0.39, 0.29) is 0 Å². The fourth-order valence-corrected chi connectivity index (χ4v) is 12.2. The number of para-hydroxylation sites is 4. The molecule has 0 saturated carbocycles. The Bertz CT molecular complexity index is 4260. The number of hydrogen-bond donors (Lipinski definition) is 0. The lowest BCUT2D eigenvalue weighted by molar-refractivity contribution is 1.16. The van der Waals surface area contributed by atoms with Crippen LogP contribution in [-0.4, -0.2) is 18.7 Å². The highest BCUT2D eigenvalue weighted by molar-refractivity contribution is 6.09. The third kappa shape index (κ3) is 8.97. The van der Waals surface area contributed by atoms with Gasteiger partial charge in [0.25, 0.3) is 0 Å². The van der Waals surface area contributed by atoms with Crippen molar-refractivity contribution in [2.24, 2.45) is 0 Å². The molecule has 0 spiro atoms. The monoisotopic (exact) mass is 1030 g/mol. The molecular formula is C76H58N4. The first-order valence-corrected chi connectivity index (χ1v) is 27.7. The Morgan fingerprint density at radius 3 is 1.04 bits per heavy atom. The zero-order valence-electron chi connectivity index (χ0n) is 44.9. The Labute approximate surface area is 469 Å². The summed E-state index contributed by atoms with van der Waals surface area (Å²) in [6.07, 6.45) is 2.03. The van der Waals surface area contributed by atoms with Gasteiger partial charge in [-0.25, -0.2) is 0 Å². The van der Waals surface area contributed by atoms with Crippen LogP contribution in [-0.2, 0) is 12.8 Å². The molecule has 0 radical (unpaired) electrons. The Balaban J connectivity index is 0.000000144. The van der Waals surface area contributed by atoms with Gasteiger partial charge in [-0.15, -0.1) is 0 Å². The number of fused-ring (bicyclic) bond motifs is 9. The highest BCUT2D eigenvalue weighted by Gasteiger charge is 2.21. The molecule has 0 saturated heterocycles. The van der Waals surface area contributed by atoms with Crippen LogP contribution in [0.2, 0.25) is 0 Å². The van der Waals surface area contributed by atoms with Crippen LogP contribution in [0.3, 0.4) is 0 Å². The molecule has 1 aromatic heterocycles. The molecule has 4 heteroatoms. The van der Waals surface area contributed by atoms with E-state index in [2.05, 4.69) is 325 Å². The van der Waals surface area contributed by atoms with Gasteiger partial charge in [-0.2, -0.15) is 0 Å². The summed E-state index contributed by atoms with van der Waals surface area (Å²) in [6, 6.07) is 105. The van der Waals surface area contributed by atoms with Gasteiger partial charge < -0.3 is 19.3 Å². The van der Waals surface area contributed by atoms with Gasteiger partial charge in [0.05, 0.1) is 11.0 Å². The molecule has 0 bridgehead atoms. The van der Waals surface area contributed by atoms with Crippen LogP contribution < -0.4 is 14.7 Å². The van der Waals surface area contributed by atoms with Gasteiger partial charge >= 0.3 is 0 Å². The first kappa shape index (κ1) is 48.2. The maximum Gasteiger partial charge on any atom is 0.0541 e. The molecule has 0 aliphatic heterocycles. The SMILES string of the molecule is CN(c1ccc(-c2ccc3c(c2)Cc2ccccc2-3)cc1)c1ccc(-n2c3ccccc3c3ccccc32)cc1.CN(c1ccc(-c2ccc3c(c2)Cc2ccccc2-3)cc1)c1ccc(N(c2ccccc2)c2ccccc2)cc1. The van der Waals surface area contributed by atoms with E-state index in [0.717, 1.165) is 47.0 Å². The first-order chi connectivity index (χ1) is 39.5. The third-order valence-electron chi connectivity index (χ3n) is 16.4. The molecule has 12 aromatic carbocycles. The van der Waals surface area contributed by atoms with Crippen LogP contribution in [0.15, 0.2) is 291 Å². The van der Waals surface area contributed by atoms with Gasteiger partial charge in [0.2, 0.25) is 0 Å². The Morgan fingerprint density at radius 1 is 0.263 bits per heavy atom. The minimum absolute atomic E-state index is 1.02. The predicted octanol–water partition coefficient (Wildman–Crippen LogP) is 20.0. The van der Waals surface area contributed by atoms with Crippen molar-refractivity contribution in [3.63, 3.8) is 0 Å². The Morgan fingerprint density at radius 2 is 0.588 bits per heavy atom. The molecule has 0 atom stereocenters. The first-order valence-electron chi connectivity index (χ1n) is 27.7. The number of aromatic nitrogens is 1. The van der Waals surface area contributed by atoms with E-state index in [1.807, 2.05) is 0 Å². The average molecular weight is 1030 g/mol. The van der Waals surface area contributed by atoms with Crippen LogP contribution in [0, 0.1) is 0 Å². The second-order valence-corrected chi connectivity index (χ2v) is 21.0. The van der Waals surface area contributed by atoms with Crippen LogP contribution in [0.25, 0.3) is 72.0 Å². The van der Waals surface area contributed by atoms with Gasteiger partial charge in [0.15, 0.2) is 0 Å². The maximum atomic E-state index is 2.36. The summed E-state index contributed by atoms with van der Waals surface area (Å²) < 4.78 is 2.36. The van der Waals surface area contributed by atoms with Crippen molar-refractivity contribution in [2.45, 2.75) is 12.8 Å². The maximum absolute atomic E-state index is 2.36. The molecule has 1 heterocycles. The van der Waals surface area contributed by atoms with E-state index < -0.39 is 0 Å². The highest BCUT2D eigenvalue weighted by Crippen LogP contribution is 2.42. The minimum atomic E-state index is 1.02. The van der Waals surface area contributed by atoms with Crippen molar-refractivity contribution >= 4 is 61.6 Å². The quantitative estimate of drug-likeness (QED) is 0.136. The van der Waals surface area contributed by atoms with E-state index in [1.165, 1.54) is 99.9 Å². The second kappa shape index (κ2) is 20.7. The lowest BCUT2D eigenvalue weighted by atomic mass is 9.99. The van der Waals surface area contributed by atoms with E-state index in [4.69, 9.17) is 0 Å².